The molecule has 0 unspecified atom stereocenters. The molecule has 0 aromatic heterocycles. The van der Waals surface area contributed by atoms with E-state index in [2.05, 4.69) is 16.0 Å². The molecule has 0 radical (unpaired) electrons. The van der Waals surface area contributed by atoms with Gasteiger partial charge in [-0.1, -0.05) is 12.1 Å². The zero-order valence-electron chi connectivity index (χ0n) is 17.0. The summed E-state index contributed by atoms with van der Waals surface area (Å²) in [5, 5.41) is 8.16. The van der Waals surface area contributed by atoms with Crippen LogP contribution in [0.15, 0.2) is 24.3 Å². The van der Waals surface area contributed by atoms with Crippen LogP contribution in [0.5, 0.6) is 0 Å². The van der Waals surface area contributed by atoms with E-state index < -0.39 is 17.7 Å². The average Bonchev–Trinajstić information content (AvgIpc) is 3.13. The number of carbonyl (C=O) groups excluding carboxylic acids is 3. The molecule has 1 saturated heterocycles. The molecule has 1 heterocycles. The van der Waals surface area contributed by atoms with Crippen LogP contribution < -0.4 is 16.0 Å². The Morgan fingerprint density at radius 2 is 1.86 bits per heavy atom. The van der Waals surface area contributed by atoms with Crippen molar-refractivity contribution in [2.24, 2.45) is 0 Å². The second kappa shape index (κ2) is 9.43. The smallest absolute Gasteiger partial charge is 0.408 e. The summed E-state index contributed by atoms with van der Waals surface area (Å²) < 4.78 is 5.14. The molecule has 1 aliphatic heterocycles. The first kappa shape index (κ1) is 21.5. The maximum atomic E-state index is 12.2. The number of anilines is 1. The summed E-state index contributed by atoms with van der Waals surface area (Å²) in [7, 11) is 0. The fourth-order valence-corrected chi connectivity index (χ4v) is 2.77. The molecular formula is C20H30N4O4. The molecule has 0 saturated carbocycles. The number of hydrogen-bond donors (Lipinski definition) is 3. The third-order valence-corrected chi connectivity index (χ3v) is 4.16. The van der Waals surface area contributed by atoms with Crippen molar-refractivity contribution in [1.82, 2.24) is 15.5 Å². The van der Waals surface area contributed by atoms with Crippen molar-refractivity contribution in [1.29, 1.82) is 0 Å². The molecule has 4 amide bonds. The van der Waals surface area contributed by atoms with Gasteiger partial charge in [-0.2, -0.15) is 0 Å². The summed E-state index contributed by atoms with van der Waals surface area (Å²) in [5.41, 5.74) is 0.904. The number of ether oxygens (including phenoxy) is 1. The van der Waals surface area contributed by atoms with Crippen LogP contribution in [-0.4, -0.2) is 47.7 Å². The molecule has 1 aromatic carbocycles. The first-order valence-corrected chi connectivity index (χ1v) is 9.56. The van der Waals surface area contributed by atoms with E-state index in [1.54, 1.807) is 32.6 Å². The minimum atomic E-state index is -0.729. The van der Waals surface area contributed by atoms with Crippen LogP contribution in [0.2, 0.25) is 0 Å². The lowest BCUT2D eigenvalue weighted by atomic mass is 10.2. The maximum absolute atomic E-state index is 12.2. The van der Waals surface area contributed by atoms with Gasteiger partial charge in [-0.25, -0.2) is 9.59 Å². The minimum Gasteiger partial charge on any atom is -0.444 e. The third kappa shape index (κ3) is 7.09. The van der Waals surface area contributed by atoms with Gasteiger partial charge in [0.05, 0.1) is 0 Å². The second-order valence-electron chi connectivity index (χ2n) is 7.91. The standard InChI is InChI=1S/C20H30N4O4/c1-14(22-19(27)28-20(2,3)4)17(25)21-13-15-8-7-9-16(12-15)23-18(26)24-10-5-6-11-24/h7-9,12,14H,5-6,10-11,13H2,1-4H3,(H,21,25)(H,22,27)(H,23,26)/t14-/m1/s1. The zero-order chi connectivity index (χ0) is 20.7. The van der Waals surface area contributed by atoms with Crippen LogP contribution in [0.1, 0.15) is 46.1 Å². The highest BCUT2D eigenvalue weighted by molar-refractivity contribution is 5.89. The van der Waals surface area contributed by atoms with Gasteiger partial charge in [0.25, 0.3) is 0 Å². The molecular weight excluding hydrogens is 360 g/mol. The van der Waals surface area contributed by atoms with Gasteiger partial charge >= 0.3 is 12.1 Å². The summed E-state index contributed by atoms with van der Waals surface area (Å²) in [4.78, 5) is 37.9. The van der Waals surface area contributed by atoms with E-state index in [4.69, 9.17) is 4.74 Å². The Balaban J connectivity index is 1.82. The number of nitrogens with zero attached hydrogens (tertiary/aromatic N) is 1. The molecule has 154 valence electrons. The number of amides is 4. The van der Waals surface area contributed by atoms with E-state index in [1.807, 2.05) is 24.3 Å². The Kier molecular flexibility index (Phi) is 7.25. The maximum Gasteiger partial charge on any atom is 0.408 e. The number of benzene rings is 1. The van der Waals surface area contributed by atoms with E-state index in [9.17, 15) is 14.4 Å². The van der Waals surface area contributed by atoms with Crippen molar-refractivity contribution >= 4 is 23.7 Å². The van der Waals surface area contributed by atoms with Crippen LogP contribution in [0.4, 0.5) is 15.3 Å². The summed E-state index contributed by atoms with van der Waals surface area (Å²) in [6.07, 6.45) is 1.44. The van der Waals surface area contributed by atoms with Crippen molar-refractivity contribution < 1.29 is 19.1 Å². The third-order valence-electron chi connectivity index (χ3n) is 4.16. The predicted molar refractivity (Wildman–Crippen MR) is 107 cm³/mol. The van der Waals surface area contributed by atoms with Gasteiger partial charge in [-0.05, 0) is 58.2 Å². The van der Waals surface area contributed by atoms with Crippen LogP contribution in [0, 0.1) is 0 Å². The van der Waals surface area contributed by atoms with Gasteiger partial charge < -0.3 is 25.6 Å². The van der Waals surface area contributed by atoms with Crippen LogP contribution in [0.3, 0.4) is 0 Å². The first-order valence-electron chi connectivity index (χ1n) is 9.56. The molecule has 0 aliphatic carbocycles. The molecule has 2 rings (SSSR count). The van der Waals surface area contributed by atoms with E-state index in [0.29, 0.717) is 5.69 Å². The van der Waals surface area contributed by atoms with Crippen molar-refractivity contribution in [3.63, 3.8) is 0 Å². The number of carbonyl (C=O) groups is 3. The predicted octanol–water partition coefficient (Wildman–Crippen LogP) is 2.84. The van der Waals surface area contributed by atoms with Gasteiger partial charge in [0, 0.05) is 25.3 Å². The SMILES string of the molecule is C[C@@H](NC(=O)OC(C)(C)C)C(=O)NCc1cccc(NC(=O)N2CCCC2)c1. The van der Waals surface area contributed by atoms with Crippen molar-refractivity contribution in [3.05, 3.63) is 29.8 Å². The van der Waals surface area contributed by atoms with Gasteiger partial charge in [-0.3, -0.25) is 4.79 Å². The van der Waals surface area contributed by atoms with E-state index in [0.717, 1.165) is 31.5 Å². The number of likely N-dealkylation sites (tertiary alicyclic amines) is 1. The fraction of sp³-hybridized carbons (Fsp3) is 0.550. The summed E-state index contributed by atoms with van der Waals surface area (Å²) >= 11 is 0. The Morgan fingerprint density at radius 3 is 2.50 bits per heavy atom. The zero-order valence-corrected chi connectivity index (χ0v) is 17.0. The molecule has 1 aromatic rings. The molecule has 3 N–H and O–H groups in total. The number of hydrogen-bond acceptors (Lipinski definition) is 4. The molecule has 28 heavy (non-hydrogen) atoms. The number of rotatable bonds is 5. The summed E-state index contributed by atoms with van der Waals surface area (Å²) in [6, 6.07) is 6.48. The molecule has 1 fully saturated rings. The lowest BCUT2D eigenvalue weighted by Crippen LogP contribution is -2.46. The van der Waals surface area contributed by atoms with Crippen LogP contribution in [0.25, 0.3) is 0 Å². The topological polar surface area (TPSA) is 99.8 Å². The van der Waals surface area contributed by atoms with Gasteiger partial charge in [0.1, 0.15) is 11.6 Å². The highest BCUT2D eigenvalue weighted by Crippen LogP contribution is 2.14. The van der Waals surface area contributed by atoms with E-state index in [-0.39, 0.29) is 18.5 Å². The quantitative estimate of drug-likeness (QED) is 0.720. The Morgan fingerprint density at radius 1 is 1.18 bits per heavy atom. The normalized spacial score (nSPS) is 14.9. The lowest BCUT2D eigenvalue weighted by Gasteiger charge is -2.21. The Labute approximate surface area is 166 Å². The van der Waals surface area contributed by atoms with Gasteiger partial charge in [0.2, 0.25) is 5.91 Å². The number of urea groups is 1. The minimum absolute atomic E-state index is 0.103. The monoisotopic (exact) mass is 390 g/mol. The van der Waals surface area contributed by atoms with Crippen molar-refractivity contribution in [3.8, 4) is 0 Å². The summed E-state index contributed by atoms with van der Waals surface area (Å²) in [6.45, 7) is 8.71. The largest absolute Gasteiger partial charge is 0.444 e. The first-order chi connectivity index (χ1) is 13.1. The number of alkyl carbamates (subject to hydrolysis) is 1. The molecule has 0 spiro atoms. The second-order valence-corrected chi connectivity index (χ2v) is 7.91. The Hall–Kier alpha value is -2.77. The highest BCUT2D eigenvalue weighted by Gasteiger charge is 2.21. The Bertz CT molecular complexity index is 708. The molecule has 1 atom stereocenters. The van der Waals surface area contributed by atoms with Crippen molar-refractivity contribution in [2.75, 3.05) is 18.4 Å². The molecule has 0 bridgehead atoms. The van der Waals surface area contributed by atoms with E-state index in [1.165, 1.54) is 0 Å². The molecule has 1 aliphatic rings. The van der Waals surface area contributed by atoms with Gasteiger partial charge in [0.15, 0.2) is 0 Å². The molecule has 8 heteroatoms. The highest BCUT2D eigenvalue weighted by atomic mass is 16.6. The van der Waals surface area contributed by atoms with Crippen molar-refractivity contribution in [2.45, 2.75) is 58.7 Å². The van der Waals surface area contributed by atoms with Crippen LogP contribution >= 0.6 is 0 Å². The number of nitrogens with one attached hydrogen (secondary N) is 3. The molecule has 8 nitrogen and oxygen atoms in total. The van der Waals surface area contributed by atoms with Gasteiger partial charge in [-0.15, -0.1) is 0 Å². The lowest BCUT2D eigenvalue weighted by molar-refractivity contribution is -0.122. The summed E-state index contributed by atoms with van der Waals surface area (Å²) in [5.74, 6) is -0.322. The van der Waals surface area contributed by atoms with Crippen LogP contribution in [-0.2, 0) is 16.1 Å². The average molecular weight is 390 g/mol. The fourth-order valence-electron chi connectivity index (χ4n) is 2.77. The van der Waals surface area contributed by atoms with E-state index >= 15 is 0 Å².